The Hall–Kier alpha value is -4.36. The van der Waals surface area contributed by atoms with E-state index in [2.05, 4.69) is 21.1 Å². The molecule has 0 unspecified atom stereocenters. The molecular weight excluding hydrogens is 481 g/mol. The van der Waals surface area contributed by atoms with Crippen molar-refractivity contribution in [3.63, 3.8) is 0 Å². The van der Waals surface area contributed by atoms with E-state index in [4.69, 9.17) is 6.42 Å². The first kappa shape index (κ1) is 23.4. The van der Waals surface area contributed by atoms with Crippen molar-refractivity contribution in [1.29, 1.82) is 0 Å². The van der Waals surface area contributed by atoms with Crippen LogP contribution >= 0.6 is 11.3 Å². The van der Waals surface area contributed by atoms with E-state index in [1.807, 2.05) is 6.07 Å². The third-order valence-electron chi connectivity index (χ3n) is 6.08. The molecule has 2 aromatic heterocycles. The van der Waals surface area contributed by atoms with Gasteiger partial charge in [-0.3, -0.25) is 14.4 Å². The Bertz CT molecular complexity index is 1580. The summed E-state index contributed by atoms with van der Waals surface area (Å²) in [6, 6.07) is 11.2. The summed E-state index contributed by atoms with van der Waals surface area (Å²) in [4.78, 5) is 45.4. The fourth-order valence-corrected chi connectivity index (χ4v) is 4.83. The average Bonchev–Trinajstić information content (AvgIpc) is 3.39. The van der Waals surface area contributed by atoms with Crippen LogP contribution in [0.4, 0.5) is 4.39 Å². The molecule has 0 bridgehead atoms. The Morgan fingerprint density at radius 3 is 2.53 bits per heavy atom. The van der Waals surface area contributed by atoms with Crippen molar-refractivity contribution in [2.24, 2.45) is 0 Å². The van der Waals surface area contributed by atoms with Gasteiger partial charge in [0.2, 0.25) is 0 Å². The van der Waals surface area contributed by atoms with E-state index in [0.29, 0.717) is 59.9 Å². The van der Waals surface area contributed by atoms with Crippen molar-refractivity contribution >= 4 is 33.9 Å². The monoisotopic (exact) mass is 501 g/mol. The molecule has 4 aromatic rings. The van der Waals surface area contributed by atoms with Crippen molar-refractivity contribution in [2.75, 3.05) is 26.2 Å². The van der Waals surface area contributed by atoms with E-state index in [1.54, 1.807) is 33.4 Å². The number of rotatable bonds is 4. The van der Waals surface area contributed by atoms with Crippen LogP contribution in [0.15, 0.2) is 52.6 Å². The summed E-state index contributed by atoms with van der Waals surface area (Å²) < 4.78 is 13.6. The zero-order valence-corrected chi connectivity index (χ0v) is 19.8. The molecule has 10 heteroatoms. The summed E-state index contributed by atoms with van der Waals surface area (Å²) >= 11 is 1.25. The van der Waals surface area contributed by atoms with Crippen molar-refractivity contribution in [2.45, 2.75) is 6.42 Å². The molecule has 2 amide bonds. The van der Waals surface area contributed by atoms with Crippen LogP contribution in [0.3, 0.4) is 0 Å². The first-order valence-corrected chi connectivity index (χ1v) is 12.1. The number of aromatic amines is 1. The number of fused-ring (bicyclic) bond motifs is 1. The molecule has 0 spiro atoms. The number of H-pyrrole nitrogens is 1. The Labute approximate surface area is 209 Å². The summed E-state index contributed by atoms with van der Waals surface area (Å²) in [5, 5.41) is 9.46. The third-order valence-corrected chi connectivity index (χ3v) is 6.85. The van der Waals surface area contributed by atoms with Crippen LogP contribution in [-0.4, -0.2) is 63.0 Å². The minimum atomic E-state index is -0.497. The number of nitrogens with zero attached hydrogens (tertiary/aromatic N) is 4. The molecule has 36 heavy (non-hydrogen) atoms. The summed E-state index contributed by atoms with van der Waals surface area (Å²) in [5.74, 6) is 1.61. The number of benzene rings is 2. The lowest BCUT2D eigenvalue weighted by atomic mass is 10.0. The second kappa shape index (κ2) is 9.71. The molecule has 0 atom stereocenters. The largest absolute Gasteiger partial charge is 0.335 e. The molecular formula is C26H20FN5O3S. The highest BCUT2D eigenvalue weighted by Crippen LogP contribution is 2.20. The fraction of sp³-hybridized carbons (Fsp3) is 0.192. The zero-order valence-electron chi connectivity index (χ0n) is 19.0. The van der Waals surface area contributed by atoms with Crippen LogP contribution in [0.1, 0.15) is 37.1 Å². The number of aromatic nitrogens is 3. The summed E-state index contributed by atoms with van der Waals surface area (Å²) in [6.45, 7) is 1.60. The third kappa shape index (κ3) is 4.61. The number of carbonyl (C=O) groups is 2. The van der Waals surface area contributed by atoms with Gasteiger partial charge in [0.15, 0.2) is 5.01 Å². The summed E-state index contributed by atoms with van der Waals surface area (Å²) in [6.07, 6.45) is 5.69. The molecule has 5 rings (SSSR count). The van der Waals surface area contributed by atoms with E-state index in [-0.39, 0.29) is 17.2 Å². The van der Waals surface area contributed by atoms with Crippen LogP contribution in [0.25, 0.3) is 10.8 Å². The standard InChI is InChI=1S/C26H20FN5O3S/c1-2-23-28-22(15-36-23)26(35)32-10-8-31(9-11-32)25(34)17-5-3-4-16(12-17)13-21-19-7-6-18(27)14-20(19)24(33)30-29-21/h1,3-7,12,14-15H,8-11,13H2,(H,30,33). The number of carbonyl (C=O) groups excluding carboxylic acids is 2. The SMILES string of the molecule is C#Cc1nc(C(=O)N2CCN(C(=O)c3cccc(Cc4n[nH]c(=O)c5cc(F)ccc45)c3)CC2)cs1. The summed E-state index contributed by atoms with van der Waals surface area (Å²) in [7, 11) is 0. The van der Waals surface area contributed by atoms with Gasteiger partial charge in [-0.05, 0) is 41.8 Å². The van der Waals surface area contributed by atoms with Gasteiger partial charge in [0, 0.05) is 48.9 Å². The summed E-state index contributed by atoms with van der Waals surface area (Å²) in [5.41, 5.74) is 1.79. The normalized spacial score (nSPS) is 13.6. The molecule has 1 aliphatic heterocycles. The maximum absolute atomic E-state index is 13.6. The first-order chi connectivity index (χ1) is 17.4. The van der Waals surface area contributed by atoms with Gasteiger partial charge in [0.25, 0.3) is 17.4 Å². The number of thiazole rings is 1. The smallest absolute Gasteiger partial charge is 0.273 e. The molecule has 180 valence electrons. The first-order valence-electron chi connectivity index (χ1n) is 11.2. The van der Waals surface area contributed by atoms with Gasteiger partial charge in [-0.1, -0.05) is 12.1 Å². The number of amides is 2. The molecule has 8 nitrogen and oxygen atoms in total. The molecule has 3 heterocycles. The van der Waals surface area contributed by atoms with Crippen LogP contribution < -0.4 is 5.56 Å². The van der Waals surface area contributed by atoms with Gasteiger partial charge < -0.3 is 9.80 Å². The number of hydrogen-bond donors (Lipinski definition) is 1. The highest BCUT2D eigenvalue weighted by Gasteiger charge is 2.26. The number of nitrogens with one attached hydrogen (secondary N) is 1. The minimum Gasteiger partial charge on any atom is -0.335 e. The van der Waals surface area contributed by atoms with Gasteiger partial charge in [-0.15, -0.1) is 17.8 Å². The molecule has 0 aliphatic carbocycles. The molecule has 0 saturated carbocycles. The maximum atomic E-state index is 13.6. The van der Waals surface area contributed by atoms with Crippen LogP contribution in [0, 0.1) is 18.2 Å². The molecule has 1 aliphatic rings. The van der Waals surface area contributed by atoms with Crippen LogP contribution in [0.5, 0.6) is 0 Å². The van der Waals surface area contributed by atoms with Crippen LogP contribution in [-0.2, 0) is 6.42 Å². The minimum absolute atomic E-state index is 0.131. The predicted molar refractivity (Wildman–Crippen MR) is 133 cm³/mol. The quantitative estimate of drug-likeness (QED) is 0.434. The van der Waals surface area contributed by atoms with E-state index in [9.17, 15) is 18.8 Å². The molecule has 1 N–H and O–H groups in total. The maximum Gasteiger partial charge on any atom is 0.273 e. The lowest BCUT2D eigenvalue weighted by Gasteiger charge is -2.34. The highest BCUT2D eigenvalue weighted by atomic mass is 32.1. The molecule has 0 radical (unpaired) electrons. The Balaban J connectivity index is 1.28. The van der Waals surface area contributed by atoms with Gasteiger partial charge in [0.05, 0.1) is 11.1 Å². The lowest BCUT2D eigenvalue weighted by molar-refractivity contribution is 0.0532. The van der Waals surface area contributed by atoms with E-state index >= 15 is 0 Å². The number of terminal acetylenes is 1. The number of halogens is 1. The Morgan fingerprint density at radius 2 is 1.81 bits per heavy atom. The van der Waals surface area contributed by atoms with E-state index < -0.39 is 11.4 Å². The second-order valence-corrected chi connectivity index (χ2v) is 9.19. The average molecular weight is 502 g/mol. The van der Waals surface area contributed by atoms with Crippen molar-refractivity contribution in [3.05, 3.63) is 91.5 Å². The predicted octanol–water partition coefficient (Wildman–Crippen LogP) is 2.69. The van der Waals surface area contributed by atoms with Crippen molar-refractivity contribution < 1.29 is 14.0 Å². The van der Waals surface area contributed by atoms with Gasteiger partial charge in [0.1, 0.15) is 11.5 Å². The second-order valence-electron chi connectivity index (χ2n) is 8.33. The van der Waals surface area contributed by atoms with Crippen LogP contribution in [0.2, 0.25) is 0 Å². The molecule has 2 aromatic carbocycles. The molecule has 1 fully saturated rings. The lowest BCUT2D eigenvalue weighted by Crippen LogP contribution is -2.50. The fourth-order valence-electron chi connectivity index (χ4n) is 4.23. The van der Waals surface area contributed by atoms with Crippen molar-refractivity contribution in [3.8, 4) is 12.3 Å². The van der Waals surface area contributed by atoms with Gasteiger partial charge >= 0.3 is 0 Å². The zero-order chi connectivity index (χ0) is 25.2. The van der Waals surface area contributed by atoms with Gasteiger partial charge in [-0.2, -0.15) is 5.10 Å². The van der Waals surface area contributed by atoms with E-state index in [1.165, 1.54) is 29.5 Å². The highest BCUT2D eigenvalue weighted by molar-refractivity contribution is 7.10. The topological polar surface area (TPSA) is 99.3 Å². The van der Waals surface area contributed by atoms with Gasteiger partial charge in [-0.25, -0.2) is 14.5 Å². The number of piperazine rings is 1. The van der Waals surface area contributed by atoms with Crippen molar-refractivity contribution in [1.82, 2.24) is 25.0 Å². The molecule has 1 saturated heterocycles. The Kier molecular flexibility index (Phi) is 6.31. The van der Waals surface area contributed by atoms with E-state index in [0.717, 1.165) is 5.56 Å². The number of hydrogen-bond acceptors (Lipinski definition) is 6. The Morgan fingerprint density at radius 1 is 1.06 bits per heavy atom.